The smallest absolute Gasteiger partial charge is 0.433 e. The Balaban J connectivity index is 1.42. The summed E-state index contributed by atoms with van der Waals surface area (Å²) in [6.45, 7) is 2.39. The van der Waals surface area contributed by atoms with E-state index in [1.54, 1.807) is 29.5 Å². The molecule has 1 aliphatic heterocycles. The Labute approximate surface area is 205 Å². The molecule has 0 atom stereocenters. The number of fused-ring (bicyclic) bond motifs is 1. The third-order valence-corrected chi connectivity index (χ3v) is 6.16. The summed E-state index contributed by atoms with van der Waals surface area (Å²) in [6.07, 6.45) is -0.735. The molecule has 7 nitrogen and oxygen atoms in total. The van der Waals surface area contributed by atoms with E-state index in [1.807, 2.05) is 35.2 Å². The topological polar surface area (TPSA) is 74.5 Å². The second-order valence-electron chi connectivity index (χ2n) is 8.52. The Hall–Kier alpha value is -4.08. The maximum Gasteiger partial charge on any atom is 0.433 e. The number of nitrogens with one attached hydrogen (secondary N) is 1. The Morgan fingerprint density at radius 2 is 1.83 bits per heavy atom. The Kier molecular flexibility index (Phi) is 6.49. The van der Waals surface area contributed by atoms with Crippen LogP contribution in [0.2, 0.25) is 0 Å². The number of aromatic nitrogens is 2. The normalized spacial score (nSPS) is 14.6. The van der Waals surface area contributed by atoms with E-state index in [0.29, 0.717) is 61.7 Å². The van der Waals surface area contributed by atoms with Gasteiger partial charge in [0.25, 0.3) is 0 Å². The molecule has 2 amide bonds. The number of carbonyl (C=O) groups is 1. The molecule has 1 fully saturated rings. The molecule has 186 valence electrons. The third-order valence-electron chi connectivity index (χ3n) is 6.16. The van der Waals surface area contributed by atoms with E-state index in [2.05, 4.69) is 15.3 Å². The van der Waals surface area contributed by atoms with Crippen molar-refractivity contribution in [3.8, 4) is 11.1 Å². The number of hydrogen-bond acceptors (Lipinski definition) is 5. The highest BCUT2D eigenvalue weighted by molar-refractivity contribution is 5.99. The molecule has 36 heavy (non-hydrogen) atoms. The minimum Gasteiger partial charge on any atom is -0.467 e. The zero-order valence-corrected chi connectivity index (χ0v) is 19.3. The number of halogens is 3. The number of amides is 2. The lowest BCUT2D eigenvalue weighted by Crippen LogP contribution is -2.41. The number of hydrogen-bond donors (Lipinski definition) is 1. The number of pyridine rings is 2. The van der Waals surface area contributed by atoms with Gasteiger partial charge in [-0.05, 0) is 36.2 Å². The summed E-state index contributed by atoms with van der Waals surface area (Å²) in [6, 6.07) is 14.9. The lowest BCUT2D eigenvalue weighted by atomic mass is 10.0. The van der Waals surface area contributed by atoms with Crippen LogP contribution in [0.5, 0.6) is 0 Å². The molecule has 3 aromatic heterocycles. The molecule has 0 radical (unpaired) electrons. The summed E-state index contributed by atoms with van der Waals surface area (Å²) in [5.74, 6) is 1.23. The first-order valence-corrected chi connectivity index (χ1v) is 11.6. The molecule has 1 N–H and O–H groups in total. The van der Waals surface area contributed by atoms with Crippen LogP contribution in [-0.2, 0) is 12.7 Å². The number of anilines is 1. The molecular formula is C26H24F3N5O2. The first kappa shape index (κ1) is 23.7. The lowest BCUT2D eigenvalue weighted by molar-refractivity contribution is -0.140. The van der Waals surface area contributed by atoms with E-state index in [-0.39, 0.29) is 11.5 Å². The molecule has 1 aliphatic rings. The molecule has 0 aliphatic carbocycles. The highest BCUT2D eigenvalue weighted by atomic mass is 19.4. The van der Waals surface area contributed by atoms with Gasteiger partial charge in [0.1, 0.15) is 17.3 Å². The molecule has 0 unspecified atom stereocenters. The number of alkyl halides is 3. The van der Waals surface area contributed by atoms with Crippen LogP contribution >= 0.6 is 0 Å². The minimum atomic E-state index is -4.56. The van der Waals surface area contributed by atoms with Crippen LogP contribution in [0.15, 0.2) is 71.5 Å². The molecule has 4 heterocycles. The maximum absolute atomic E-state index is 13.5. The van der Waals surface area contributed by atoms with Crippen LogP contribution in [0.1, 0.15) is 17.9 Å². The molecular weight excluding hydrogens is 471 g/mol. The van der Waals surface area contributed by atoms with Gasteiger partial charge in [-0.1, -0.05) is 30.3 Å². The molecule has 0 saturated carbocycles. The number of urea groups is 1. The maximum atomic E-state index is 13.5. The van der Waals surface area contributed by atoms with Crippen LogP contribution in [0, 0.1) is 0 Å². The van der Waals surface area contributed by atoms with Crippen molar-refractivity contribution in [1.29, 1.82) is 0 Å². The number of nitrogens with zero attached hydrogens (tertiary/aromatic N) is 4. The average Bonchev–Trinajstić information content (AvgIpc) is 3.29. The summed E-state index contributed by atoms with van der Waals surface area (Å²) < 4.78 is 45.7. The molecule has 1 saturated heterocycles. The van der Waals surface area contributed by atoms with E-state index >= 15 is 0 Å². The largest absolute Gasteiger partial charge is 0.467 e. The van der Waals surface area contributed by atoms with Crippen molar-refractivity contribution in [3.63, 3.8) is 0 Å². The fourth-order valence-corrected chi connectivity index (χ4v) is 4.36. The molecule has 5 rings (SSSR count). The van der Waals surface area contributed by atoms with E-state index in [4.69, 9.17) is 4.42 Å². The Bertz CT molecular complexity index is 1340. The van der Waals surface area contributed by atoms with Crippen LogP contribution in [0.25, 0.3) is 22.0 Å². The van der Waals surface area contributed by atoms with Gasteiger partial charge in [-0.25, -0.2) is 14.8 Å². The average molecular weight is 496 g/mol. The molecule has 0 spiro atoms. The SMILES string of the molecule is O=C(NCc1ccco1)N1CCCN(c2ncc(-c3ccccc3)c3nc(C(F)(F)F)ccc23)CC1. The van der Waals surface area contributed by atoms with Gasteiger partial charge in [-0.15, -0.1) is 0 Å². The first-order chi connectivity index (χ1) is 17.4. The third kappa shape index (κ3) is 4.98. The highest BCUT2D eigenvalue weighted by Gasteiger charge is 2.33. The zero-order valence-electron chi connectivity index (χ0n) is 19.3. The Morgan fingerprint density at radius 1 is 1.00 bits per heavy atom. The standard InChI is InChI=1S/C26H24F3N5O2/c27-26(28,29)22-10-9-20-23(32-22)21(18-6-2-1-3-7-18)17-30-24(20)33-11-5-12-34(14-13-33)25(35)31-16-19-8-4-15-36-19/h1-4,6-10,15,17H,5,11-14,16H2,(H,31,35). The van der Waals surface area contributed by atoms with Crippen molar-refractivity contribution in [2.24, 2.45) is 0 Å². The predicted molar refractivity (Wildman–Crippen MR) is 129 cm³/mol. The van der Waals surface area contributed by atoms with Crippen molar-refractivity contribution >= 4 is 22.8 Å². The fourth-order valence-electron chi connectivity index (χ4n) is 4.36. The summed E-state index contributed by atoms with van der Waals surface area (Å²) >= 11 is 0. The first-order valence-electron chi connectivity index (χ1n) is 11.6. The van der Waals surface area contributed by atoms with Crippen LogP contribution in [0.3, 0.4) is 0 Å². The monoisotopic (exact) mass is 495 g/mol. The number of rotatable bonds is 4. The molecule has 4 aromatic rings. The Morgan fingerprint density at radius 3 is 2.58 bits per heavy atom. The number of furan rings is 1. The fraction of sp³-hybridized carbons (Fsp3) is 0.269. The lowest BCUT2D eigenvalue weighted by Gasteiger charge is -2.24. The van der Waals surface area contributed by atoms with E-state index in [1.165, 1.54) is 6.07 Å². The van der Waals surface area contributed by atoms with Crippen molar-refractivity contribution < 1.29 is 22.4 Å². The van der Waals surface area contributed by atoms with Crippen molar-refractivity contribution in [2.45, 2.75) is 19.1 Å². The van der Waals surface area contributed by atoms with Gasteiger partial charge in [-0.3, -0.25) is 0 Å². The number of benzene rings is 1. The quantitative estimate of drug-likeness (QED) is 0.414. The summed E-state index contributed by atoms with van der Waals surface area (Å²) in [5.41, 5.74) is 0.579. The van der Waals surface area contributed by atoms with Crippen LogP contribution in [-0.4, -0.2) is 47.1 Å². The molecule has 0 bridgehead atoms. The summed E-state index contributed by atoms with van der Waals surface area (Å²) in [5, 5.41) is 3.40. The second kappa shape index (κ2) is 9.88. The van der Waals surface area contributed by atoms with Crippen molar-refractivity contribution in [3.05, 3.63) is 78.5 Å². The van der Waals surface area contributed by atoms with Crippen molar-refractivity contribution in [2.75, 3.05) is 31.1 Å². The van der Waals surface area contributed by atoms with Gasteiger partial charge < -0.3 is 19.5 Å². The van der Waals surface area contributed by atoms with Gasteiger partial charge in [0, 0.05) is 43.3 Å². The van der Waals surface area contributed by atoms with E-state index in [0.717, 1.165) is 11.6 Å². The van der Waals surface area contributed by atoms with Crippen molar-refractivity contribution in [1.82, 2.24) is 20.2 Å². The van der Waals surface area contributed by atoms with Gasteiger partial charge >= 0.3 is 12.2 Å². The van der Waals surface area contributed by atoms with E-state index < -0.39 is 11.9 Å². The van der Waals surface area contributed by atoms with Gasteiger partial charge in [0.15, 0.2) is 0 Å². The predicted octanol–water partition coefficient (Wildman–Crippen LogP) is 5.33. The second-order valence-corrected chi connectivity index (χ2v) is 8.52. The van der Waals surface area contributed by atoms with E-state index in [9.17, 15) is 18.0 Å². The van der Waals surface area contributed by atoms with Crippen LogP contribution in [0.4, 0.5) is 23.8 Å². The minimum absolute atomic E-state index is 0.193. The van der Waals surface area contributed by atoms with Gasteiger partial charge in [0.05, 0.1) is 18.3 Å². The number of carbonyl (C=O) groups excluding carboxylic acids is 1. The van der Waals surface area contributed by atoms with Gasteiger partial charge in [-0.2, -0.15) is 13.2 Å². The summed E-state index contributed by atoms with van der Waals surface area (Å²) in [7, 11) is 0. The molecule has 1 aromatic carbocycles. The van der Waals surface area contributed by atoms with Gasteiger partial charge in [0.2, 0.25) is 0 Å². The summed E-state index contributed by atoms with van der Waals surface area (Å²) in [4.78, 5) is 25.1. The zero-order chi connectivity index (χ0) is 25.1. The molecule has 10 heteroatoms. The highest BCUT2D eigenvalue weighted by Crippen LogP contribution is 2.36. The van der Waals surface area contributed by atoms with Crippen LogP contribution < -0.4 is 10.2 Å².